The number of aromatic hydroxyl groups is 1. The Morgan fingerprint density at radius 1 is 1.04 bits per heavy atom. The standard InChI is InChI=1S/C54H68N8O8/c1-31(2)46(60(10)50(66)34-19-23-61(29-34)42(64)18-20-54(5,6)58(7)8)49(65)56-40-26-32-24-35(27-36(63)25-32)33-16-17-41-38(28-33)43-44(48(69-11)45-37(14-12-21-55-45)47(43)59(41)9)53(3,4)30-70-52(68)39-15-13-22-62(57-39)51(40)67/h12,14,16-17,21,24-25,27-28,31,34,39-40,44,46,48,57,63H,13,15,19,22-23,26,29-30H2,1-11H3,(H,56,65)/t34-,39-,40-,44?,46-,48-/m0/s1. The Labute approximate surface area is 411 Å². The van der Waals surface area contributed by atoms with Crippen LogP contribution in [0.4, 0.5) is 0 Å². The number of aromatic nitrogens is 2. The molecule has 3 aliphatic heterocycles. The van der Waals surface area contributed by atoms with Gasteiger partial charge in [-0.15, -0.1) is 0 Å². The number of fused-ring (bicyclic) bond motifs is 8. The van der Waals surface area contributed by atoms with Crippen LogP contribution in [0.2, 0.25) is 0 Å². The number of hydrazine groups is 1. The lowest BCUT2D eigenvalue weighted by molar-refractivity contribution is -0.156. The average Bonchev–Trinajstić information content (AvgIpc) is 3.94. The highest BCUT2D eigenvalue weighted by molar-refractivity contribution is 5.98. The van der Waals surface area contributed by atoms with Gasteiger partial charge in [0, 0.05) is 81.3 Å². The van der Waals surface area contributed by atoms with Crippen LogP contribution in [0.1, 0.15) is 89.6 Å². The monoisotopic (exact) mass is 957 g/mol. The van der Waals surface area contributed by atoms with Gasteiger partial charge in [0.05, 0.1) is 29.5 Å². The maximum atomic E-state index is 14.8. The first kappa shape index (κ1) is 50.1. The molecule has 2 fully saturated rings. The molecule has 8 rings (SSSR count). The number of aryl methyl sites for hydroxylation is 1. The highest BCUT2D eigenvalue weighted by atomic mass is 16.5. The molecule has 0 saturated carbocycles. The summed E-state index contributed by atoms with van der Waals surface area (Å²) < 4.78 is 14.7. The number of hydrogen-bond acceptors (Lipinski definition) is 11. The molecule has 4 aliphatic rings. The number of methoxy groups -OCH3 is 1. The Bertz CT molecular complexity index is 2790. The minimum absolute atomic E-state index is 0.0196. The van der Waals surface area contributed by atoms with E-state index in [1.807, 2.05) is 71.9 Å². The molecule has 3 N–H and O–H groups in total. The van der Waals surface area contributed by atoms with Gasteiger partial charge >= 0.3 is 5.97 Å². The molecule has 1 unspecified atom stereocenters. The first-order valence-electron chi connectivity index (χ1n) is 24.4. The zero-order chi connectivity index (χ0) is 50.6. The molecule has 372 valence electrons. The minimum atomic E-state index is -1.18. The Balaban J connectivity index is 1.14. The van der Waals surface area contributed by atoms with E-state index in [0.717, 1.165) is 39.0 Å². The van der Waals surface area contributed by atoms with Crippen LogP contribution in [-0.2, 0) is 46.9 Å². The second-order valence-corrected chi connectivity index (χ2v) is 21.3. The normalized spacial score (nSPS) is 22.7. The summed E-state index contributed by atoms with van der Waals surface area (Å²) in [6.45, 7) is 12.5. The minimum Gasteiger partial charge on any atom is -0.508 e. The van der Waals surface area contributed by atoms with Gasteiger partial charge in [0.1, 0.15) is 30.0 Å². The Kier molecular flexibility index (Phi) is 14.0. The third-order valence-electron chi connectivity index (χ3n) is 15.1. The Hall–Kier alpha value is -6.28. The molecular weight excluding hydrogens is 889 g/mol. The number of cyclic esters (lactones) is 1. The molecule has 2 aromatic carbocycles. The van der Waals surface area contributed by atoms with Crippen molar-refractivity contribution in [1.82, 2.24) is 40.0 Å². The third kappa shape index (κ3) is 9.51. The summed E-state index contributed by atoms with van der Waals surface area (Å²) in [6, 6.07) is 12.3. The van der Waals surface area contributed by atoms with E-state index in [4.69, 9.17) is 14.5 Å². The molecule has 2 aromatic heterocycles. The molecule has 6 bridgehead atoms. The predicted molar refractivity (Wildman–Crippen MR) is 266 cm³/mol. The van der Waals surface area contributed by atoms with Gasteiger partial charge in [0.15, 0.2) is 0 Å². The molecule has 1 aliphatic carbocycles. The Morgan fingerprint density at radius 3 is 2.51 bits per heavy atom. The number of phenols is 1. The van der Waals surface area contributed by atoms with Crippen molar-refractivity contribution in [2.75, 3.05) is 54.5 Å². The van der Waals surface area contributed by atoms with E-state index in [0.29, 0.717) is 36.9 Å². The van der Waals surface area contributed by atoms with Crippen molar-refractivity contribution < 1.29 is 38.6 Å². The van der Waals surface area contributed by atoms with Crippen LogP contribution >= 0.6 is 0 Å². The van der Waals surface area contributed by atoms with Gasteiger partial charge in [-0.25, -0.2) is 5.43 Å². The van der Waals surface area contributed by atoms with Gasteiger partial charge in [-0.05, 0) is 118 Å². The van der Waals surface area contributed by atoms with Crippen LogP contribution < -0.4 is 10.7 Å². The van der Waals surface area contributed by atoms with Crippen LogP contribution in [-0.4, -0.2) is 142 Å². The number of likely N-dealkylation sites (tertiary alicyclic amines) is 1. The van der Waals surface area contributed by atoms with Gasteiger partial charge in [0.2, 0.25) is 11.8 Å². The summed E-state index contributed by atoms with van der Waals surface area (Å²) in [7, 11) is 9.09. The highest BCUT2D eigenvalue weighted by Gasteiger charge is 2.48. The van der Waals surface area contributed by atoms with Crippen LogP contribution in [0.5, 0.6) is 5.75 Å². The number of carbonyl (C=O) groups is 5. The molecule has 5 heterocycles. The fraction of sp³-hybridized carbons (Fsp3) is 0.519. The highest BCUT2D eigenvalue weighted by Crippen LogP contribution is 2.57. The van der Waals surface area contributed by atoms with Crippen molar-refractivity contribution in [2.24, 2.45) is 24.3 Å². The summed E-state index contributed by atoms with van der Waals surface area (Å²) in [5, 5.41) is 16.7. The first-order chi connectivity index (χ1) is 33.1. The number of amides is 4. The van der Waals surface area contributed by atoms with Crippen molar-refractivity contribution in [1.29, 1.82) is 0 Å². The van der Waals surface area contributed by atoms with E-state index in [1.165, 1.54) is 9.91 Å². The first-order valence-corrected chi connectivity index (χ1v) is 24.4. The lowest BCUT2D eigenvalue weighted by atomic mass is 9.67. The molecule has 4 amide bonds. The van der Waals surface area contributed by atoms with Gasteiger partial charge in [-0.2, -0.15) is 0 Å². The molecule has 0 spiro atoms. The number of hydrogen-bond donors (Lipinski definition) is 3. The second kappa shape index (κ2) is 19.5. The van der Waals surface area contributed by atoms with E-state index in [9.17, 15) is 29.1 Å². The number of carbonyl (C=O) groups excluding carboxylic acids is 5. The predicted octanol–water partition coefficient (Wildman–Crippen LogP) is 5.18. The van der Waals surface area contributed by atoms with Gasteiger partial charge in [-0.1, -0.05) is 45.7 Å². The lowest BCUT2D eigenvalue weighted by Crippen LogP contribution is -2.62. The van der Waals surface area contributed by atoms with Gasteiger partial charge in [0.25, 0.3) is 11.8 Å². The number of phenolic OH excluding ortho intramolecular Hbond substituents is 1. The van der Waals surface area contributed by atoms with Crippen LogP contribution in [0.25, 0.3) is 33.3 Å². The fourth-order valence-electron chi connectivity index (χ4n) is 10.8. The lowest BCUT2D eigenvalue weighted by Gasteiger charge is -2.42. The van der Waals surface area contributed by atoms with Crippen molar-refractivity contribution >= 4 is 40.5 Å². The van der Waals surface area contributed by atoms with Crippen molar-refractivity contribution in [3.63, 3.8) is 0 Å². The molecule has 70 heavy (non-hydrogen) atoms. The zero-order valence-electron chi connectivity index (χ0n) is 42.4. The number of benzene rings is 2. The maximum Gasteiger partial charge on any atom is 0.324 e. The molecule has 4 aromatic rings. The van der Waals surface area contributed by atoms with Gasteiger partial charge < -0.3 is 34.3 Å². The van der Waals surface area contributed by atoms with E-state index < -0.39 is 58.9 Å². The van der Waals surface area contributed by atoms with E-state index in [-0.39, 0.29) is 55.5 Å². The number of rotatable bonds is 7. The SMILES string of the molecule is CO[C@@H]1c2ncccc2-c2c3c4cc(ccc4n2C)-c2cc(O)cc(c2)C[C@H](NC(=O)[C@H](C(C)C)N(C)C(=O)[C@H]2CCN(C(=O)C#CC(C)(C)N(C)C)C2)C(=O)N2CCC[C@H](N2)C(=O)OCC(C)(C)C31. The number of nitrogens with one attached hydrogen (secondary N) is 2. The zero-order valence-corrected chi connectivity index (χ0v) is 42.4. The number of pyridine rings is 1. The van der Waals surface area contributed by atoms with Crippen LogP contribution in [0.15, 0.2) is 54.7 Å². The number of likely N-dealkylation sites (N-methyl/N-ethyl adjacent to an activating group) is 1. The molecule has 0 radical (unpaired) electrons. The summed E-state index contributed by atoms with van der Waals surface area (Å²) in [4.78, 5) is 80.7. The fourth-order valence-corrected chi connectivity index (χ4v) is 10.8. The smallest absolute Gasteiger partial charge is 0.324 e. The number of nitrogens with zero attached hydrogens (tertiary/aromatic N) is 6. The van der Waals surface area contributed by atoms with Crippen molar-refractivity contribution in [3.8, 4) is 40.0 Å². The summed E-state index contributed by atoms with van der Waals surface area (Å²) in [5.41, 5.74) is 8.80. The summed E-state index contributed by atoms with van der Waals surface area (Å²) in [6.07, 6.45) is 2.60. The van der Waals surface area contributed by atoms with E-state index in [1.54, 1.807) is 37.4 Å². The van der Waals surface area contributed by atoms with Crippen molar-refractivity contribution in [3.05, 3.63) is 71.5 Å². The average molecular weight is 957 g/mol. The quantitative estimate of drug-likeness (QED) is 0.164. The molecule has 2 saturated heterocycles. The Morgan fingerprint density at radius 2 is 1.80 bits per heavy atom. The summed E-state index contributed by atoms with van der Waals surface area (Å²) in [5.74, 6) is 2.36. The topological polar surface area (TPSA) is 179 Å². The molecule has 16 heteroatoms. The maximum absolute atomic E-state index is 14.8. The van der Waals surface area contributed by atoms with E-state index >= 15 is 0 Å². The van der Waals surface area contributed by atoms with Crippen LogP contribution in [0.3, 0.4) is 0 Å². The number of esters is 1. The molecule has 16 nitrogen and oxygen atoms in total. The van der Waals surface area contributed by atoms with E-state index in [2.05, 4.69) is 59.2 Å². The molecule has 6 atom stereocenters. The third-order valence-corrected chi connectivity index (χ3v) is 15.1. The number of ether oxygens (including phenoxy) is 2. The largest absolute Gasteiger partial charge is 0.508 e. The van der Waals surface area contributed by atoms with Crippen molar-refractivity contribution in [2.45, 2.75) is 103 Å². The van der Waals surface area contributed by atoms with Gasteiger partial charge in [-0.3, -0.25) is 38.9 Å². The summed E-state index contributed by atoms with van der Waals surface area (Å²) >= 11 is 0. The second-order valence-electron chi connectivity index (χ2n) is 21.3. The molecular formula is C54H68N8O8. The van der Waals surface area contributed by atoms with Crippen LogP contribution in [0, 0.1) is 29.1 Å².